The molecule has 0 fully saturated rings. The highest BCUT2D eigenvalue weighted by atomic mass is 15.1. The molecule has 0 amide bonds. The van der Waals surface area contributed by atoms with E-state index in [0.29, 0.717) is 6.54 Å². The first kappa shape index (κ1) is 12.7. The first-order valence-electron chi connectivity index (χ1n) is 6.22. The van der Waals surface area contributed by atoms with Gasteiger partial charge in [0.25, 0.3) is 0 Å². The lowest BCUT2D eigenvalue weighted by Gasteiger charge is -2.23. The summed E-state index contributed by atoms with van der Waals surface area (Å²) >= 11 is 0. The summed E-state index contributed by atoms with van der Waals surface area (Å²) in [7, 11) is 2.08. The van der Waals surface area contributed by atoms with Crippen molar-refractivity contribution in [2.45, 2.75) is 20.4 Å². The molecule has 0 aliphatic heterocycles. The third-order valence-corrected chi connectivity index (χ3v) is 3.21. The molecular weight excluding hydrogens is 220 g/mol. The largest absolute Gasteiger partial charge is 0.344 e. The summed E-state index contributed by atoms with van der Waals surface area (Å²) in [5, 5.41) is 0. The van der Waals surface area contributed by atoms with Gasteiger partial charge >= 0.3 is 0 Å². The second kappa shape index (κ2) is 5.23. The second-order valence-electron chi connectivity index (χ2n) is 4.73. The van der Waals surface area contributed by atoms with Crippen LogP contribution in [0.4, 0.5) is 11.4 Å². The number of rotatable bonds is 3. The zero-order chi connectivity index (χ0) is 13.1. The molecule has 0 atom stereocenters. The monoisotopic (exact) mass is 240 g/mol. The van der Waals surface area contributed by atoms with Gasteiger partial charge in [0.2, 0.25) is 0 Å². The van der Waals surface area contributed by atoms with E-state index in [4.69, 9.17) is 5.73 Å². The molecule has 94 valence electrons. The average molecular weight is 240 g/mol. The Labute approximate surface area is 109 Å². The summed E-state index contributed by atoms with van der Waals surface area (Å²) in [6.45, 7) is 4.76. The summed E-state index contributed by atoms with van der Waals surface area (Å²) in [5.41, 5.74) is 11.9. The van der Waals surface area contributed by atoms with Crippen LogP contribution in [0.15, 0.2) is 42.5 Å². The van der Waals surface area contributed by atoms with Gasteiger partial charge in [-0.3, -0.25) is 0 Å². The van der Waals surface area contributed by atoms with Gasteiger partial charge in [0.05, 0.1) is 0 Å². The Kier molecular flexibility index (Phi) is 3.68. The van der Waals surface area contributed by atoms with Crippen molar-refractivity contribution in [2.24, 2.45) is 5.73 Å². The standard InChI is InChI=1S/C16H20N2/c1-12-5-4-6-15(10-12)18(3)16-8-7-13(2)9-14(16)11-17/h4-10H,11,17H2,1-3H3. The topological polar surface area (TPSA) is 29.3 Å². The summed E-state index contributed by atoms with van der Waals surface area (Å²) in [5.74, 6) is 0. The first-order chi connectivity index (χ1) is 8.61. The zero-order valence-electron chi connectivity index (χ0n) is 11.3. The van der Waals surface area contributed by atoms with E-state index < -0.39 is 0 Å². The maximum absolute atomic E-state index is 5.84. The number of nitrogens with two attached hydrogens (primary N) is 1. The average Bonchev–Trinajstić information content (AvgIpc) is 2.37. The lowest BCUT2D eigenvalue weighted by Crippen LogP contribution is -2.13. The maximum atomic E-state index is 5.84. The van der Waals surface area contributed by atoms with Crippen LogP contribution in [0.1, 0.15) is 16.7 Å². The number of anilines is 2. The Morgan fingerprint density at radius 3 is 2.39 bits per heavy atom. The second-order valence-corrected chi connectivity index (χ2v) is 4.73. The van der Waals surface area contributed by atoms with E-state index in [2.05, 4.69) is 68.3 Å². The molecule has 0 aliphatic rings. The summed E-state index contributed by atoms with van der Waals surface area (Å²) in [4.78, 5) is 2.19. The van der Waals surface area contributed by atoms with Crippen LogP contribution in [-0.4, -0.2) is 7.05 Å². The zero-order valence-corrected chi connectivity index (χ0v) is 11.3. The Morgan fingerprint density at radius 2 is 1.72 bits per heavy atom. The van der Waals surface area contributed by atoms with Gasteiger partial charge in [0, 0.05) is 25.0 Å². The number of aryl methyl sites for hydroxylation is 2. The molecule has 18 heavy (non-hydrogen) atoms. The van der Waals surface area contributed by atoms with Crippen LogP contribution in [0, 0.1) is 13.8 Å². The molecule has 2 aromatic rings. The molecule has 0 spiro atoms. The molecule has 0 radical (unpaired) electrons. The van der Waals surface area contributed by atoms with E-state index in [1.807, 2.05) is 0 Å². The molecule has 0 saturated heterocycles. The van der Waals surface area contributed by atoms with Crippen molar-refractivity contribution in [3.63, 3.8) is 0 Å². The summed E-state index contributed by atoms with van der Waals surface area (Å²) in [6, 6.07) is 14.9. The number of benzene rings is 2. The van der Waals surface area contributed by atoms with E-state index >= 15 is 0 Å². The molecule has 0 unspecified atom stereocenters. The van der Waals surface area contributed by atoms with Crippen LogP contribution in [0.25, 0.3) is 0 Å². The molecule has 2 N–H and O–H groups in total. The Bertz CT molecular complexity index is 547. The van der Waals surface area contributed by atoms with Gasteiger partial charge in [-0.2, -0.15) is 0 Å². The molecule has 0 bridgehead atoms. The molecule has 2 rings (SSSR count). The Morgan fingerprint density at radius 1 is 1.00 bits per heavy atom. The van der Waals surface area contributed by atoms with Gasteiger partial charge in [-0.15, -0.1) is 0 Å². The molecule has 0 aliphatic carbocycles. The van der Waals surface area contributed by atoms with E-state index in [1.165, 1.54) is 28.1 Å². The highest BCUT2D eigenvalue weighted by Crippen LogP contribution is 2.28. The minimum atomic E-state index is 0.563. The molecule has 0 saturated carbocycles. The third kappa shape index (κ3) is 2.54. The van der Waals surface area contributed by atoms with Crippen LogP contribution in [-0.2, 0) is 6.54 Å². The smallest absolute Gasteiger partial charge is 0.0453 e. The fourth-order valence-electron chi connectivity index (χ4n) is 2.18. The van der Waals surface area contributed by atoms with Crippen LogP contribution in [0.5, 0.6) is 0 Å². The summed E-state index contributed by atoms with van der Waals surface area (Å²) < 4.78 is 0. The van der Waals surface area contributed by atoms with Gasteiger partial charge < -0.3 is 10.6 Å². The highest BCUT2D eigenvalue weighted by Gasteiger charge is 2.08. The van der Waals surface area contributed by atoms with Crippen molar-refractivity contribution in [1.29, 1.82) is 0 Å². The van der Waals surface area contributed by atoms with Crippen molar-refractivity contribution < 1.29 is 0 Å². The molecule has 0 heterocycles. The fraction of sp³-hybridized carbons (Fsp3) is 0.250. The molecule has 2 heteroatoms. The van der Waals surface area contributed by atoms with Crippen molar-refractivity contribution in [3.8, 4) is 0 Å². The lowest BCUT2D eigenvalue weighted by molar-refractivity contribution is 1.04. The van der Waals surface area contributed by atoms with E-state index in [-0.39, 0.29) is 0 Å². The maximum Gasteiger partial charge on any atom is 0.0453 e. The molecule has 0 aromatic heterocycles. The minimum absolute atomic E-state index is 0.563. The first-order valence-corrected chi connectivity index (χ1v) is 6.22. The van der Waals surface area contributed by atoms with Gasteiger partial charge in [-0.25, -0.2) is 0 Å². The van der Waals surface area contributed by atoms with E-state index in [9.17, 15) is 0 Å². The minimum Gasteiger partial charge on any atom is -0.344 e. The van der Waals surface area contributed by atoms with Crippen LogP contribution < -0.4 is 10.6 Å². The normalized spacial score (nSPS) is 10.4. The van der Waals surface area contributed by atoms with Crippen molar-refractivity contribution >= 4 is 11.4 Å². The predicted molar refractivity (Wildman–Crippen MR) is 78.3 cm³/mol. The lowest BCUT2D eigenvalue weighted by atomic mass is 10.1. The van der Waals surface area contributed by atoms with Crippen molar-refractivity contribution in [2.75, 3.05) is 11.9 Å². The fourth-order valence-corrected chi connectivity index (χ4v) is 2.18. The van der Waals surface area contributed by atoms with Crippen LogP contribution in [0.3, 0.4) is 0 Å². The summed E-state index contributed by atoms with van der Waals surface area (Å²) in [6.07, 6.45) is 0. The molecular formula is C16H20N2. The SMILES string of the molecule is Cc1cccc(N(C)c2ccc(C)cc2CN)c1. The quantitative estimate of drug-likeness (QED) is 0.889. The predicted octanol–water partition coefficient (Wildman–Crippen LogP) is 3.53. The van der Waals surface area contributed by atoms with E-state index in [0.717, 1.165) is 0 Å². The van der Waals surface area contributed by atoms with Crippen LogP contribution in [0.2, 0.25) is 0 Å². The van der Waals surface area contributed by atoms with E-state index in [1.54, 1.807) is 0 Å². The Hall–Kier alpha value is -1.80. The molecule has 2 nitrogen and oxygen atoms in total. The number of nitrogens with zero attached hydrogens (tertiary/aromatic N) is 1. The highest BCUT2D eigenvalue weighted by molar-refractivity contribution is 5.66. The van der Waals surface area contributed by atoms with Gasteiger partial charge in [-0.1, -0.05) is 29.8 Å². The van der Waals surface area contributed by atoms with Crippen molar-refractivity contribution in [1.82, 2.24) is 0 Å². The number of hydrogen-bond acceptors (Lipinski definition) is 2. The van der Waals surface area contributed by atoms with Crippen molar-refractivity contribution in [3.05, 3.63) is 59.2 Å². The molecule has 2 aromatic carbocycles. The Balaban J connectivity index is 2.42. The number of hydrogen-bond donors (Lipinski definition) is 1. The third-order valence-electron chi connectivity index (χ3n) is 3.21. The van der Waals surface area contributed by atoms with Gasteiger partial charge in [0.1, 0.15) is 0 Å². The van der Waals surface area contributed by atoms with Gasteiger partial charge in [-0.05, 0) is 43.2 Å². The van der Waals surface area contributed by atoms with Crippen LogP contribution >= 0.6 is 0 Å². The van der Waals surface area contributed by atoms with Gasteiger partial charge in [0.15, 0.2) is 0 Å².